The molecule has 0 spiro atoms. The van der Waals surface area contributed by atoms with E-state index in [1.54, 1.807) is 0 Å². The van der Waals surface area contributed by atoms with Gasteiger partial charge in [0.2, 0.25) is 5.78 Å². The summed E-state index contributed by atoms with van der Waals surface area (Å²) >= 11 is 0. The predicted octanol–water partition coefficient (Wildman–Crippen LogP) is 1.64. The number of anilines is 1. The smallest absolute Gasteiger partial charge is 0.324 e. The highest BCUT2D eigenvalue weighted by Crippen LogP contribution is 2.50. The minimum Gasteiger partial charge on any atom is -0.480 e. The molecule has 0 radical (unpaired) electrons. The number of nitrogens with two attached hydrogens (primary N) is 1. The fourth-order valence-corrected chi connectivity index (χ4v) is 4.74. The summed E-state index contributed by atoms with van der Waals surface area (Å²) in [6.45, 7) is 0. The number of para-hydroxylation sites is 1. The zero-order valence-electron chi connectivity index (χ0n) is 15.2. The maximum absolute atomic E-state index is 12.7. The summed E-state index contributed by atoms with van der Waals surface area (Å²) in [7, 11) is 0. The lowest BCUT2D eigenvalue weighted by atomic mass is 9.66. The Balaban J connectivity index is 1.73. The van der Waals surface area contributed by atoms with Gasteiger partial charge in [0.1, 0.15) is 11.9 Å². The van der Waals surface area contributed by atoms with Crippen molar-refractivity contribution in [1.82, 2.24) is 9.55 Å². The third-order valence-electron chi connectivity index (χ3n) is 6.02. The van der Waals surface area contributed by atoms with Crippen LogP contribution in [-0.2, 0) is 9.59 Å². The summed E-state index contributed by atoms with van der Waals surface area (Å²) in [5.41, 5.74) is 6.21. The van der Waals surface area contributed by atoms with Crippen molar-refractivity contribution in [1.29, 1.82) is 0 Å². The van der Waals surface area contributed by atoms with E-state index >= 15 is 0 Å². The van der Waals surface area contributed by atoms with Gasteiger partial charge in [-0.3, -0.25) is 19.0 Å². The molecule has 1 aromatic heterocycles. The molecule has 8 nitrogen and oxygen atoms in total. The molecule has 0 amide bonds. The molecule has 2 unspecified atom stereocenters. The Morgan fingerprint density at radius 3 is 2.79 bits per heavy atom. The molecule has 8 heteroatoms. The van der Waals surface area contributed by atoms with Crippen molar-refractivity contribution >= 4 is 23.3 Å². The van der Waals surface area contributed by atoms with Gasteiger partial charge in [-0.15, -0.1) is 0 Å². The van der Waals surface area contributed by atoms with Crippen LogP contribution in [0.5, 0.6) is 0 Å². The molecule has 1 aromatic carbocycles. The molecular weight excluding hydrogens is 360 g/mol. The molecule has 4 rings (SSSR count). The number of imidazole rings is 1. The van der Waals surface area contributed by atoms with Crippen LogP contribution in [0.3, 0.4) is 0 Å². The Kier molecular flexibility index (Phi) is 4.50. The lowest BCUT2D eigenvalue weighted by Crippen LogP contribution is -2.59. The Morgan fingerprint density at radius 2 is 2.07 bits per heavy atom. The number of hydrogen-bond donors (Lipinski definition) is 3. The van der Waals surface area contributed by atoms with Crippen LogP contribution in [0.2, 0.25) is 0 Å². The summed E-state index contributed by atoms with van der Waals surface area (Å²) < 4.78 is 1.04. The number of benzene rings is 1. The van der Waals surface area contributed by atoms with Crippen LogP contribution in [0.15, 0.2) is 43.0 Å². The number of carboxylic acids is 1. The van der Waals surface area contributed by atoms with E-state index in [1.165, 1.54) is 18.7 Å². The van der Waals surface area contributed by atoms with Crippen LogP contribution in [0, 0.1) is 5.92 Å². The minimum absolute atomic E-state index is 0.00727. The molecule has 2 aliphatic rings. The number of nitrogens with one attached hydrogen (secondary N) is 1. The van der Waals surface area contributed by atoms with Gasteiger partial charge in [-0.1, -0.05) is 24.6 Å². The second kappa shape index (κ2) is 6.87. The molecule has 1 fully saturated rings. The highest BCUT2D eigenvalue weighted by Gasteiger charge is 2.53. The molecule has 146 valence electrons. The number of carbonyl (C=O) groups excluding carboxylic acids is 2. The zero-order valence-corrected chi connectivity index (χ0v) is 15.2. The second-order valence-electron chi connectivity index (χ2n) is 7.63. The second-order valence-corrected chi connectivity index (χ2v) is 7.63. The van der Waals surface area contributed by atoms with E-state index in [1.807, 2.05) is 24.3 Å². The molecule has 4 atom stereocenters. The summed E-state index contributed by atoms with van der Waals surface area (Å²) in [5, 5.41) is 13.5. The number of aliphatic carboxylic acids is 1. The van der Waals surface area contributed by atoms with Gasteiger partial charge in [0.05, 0.1) is 0 Å². The first kappa shape index (κ1) is 18.4. The van der Waals surface area contributed by atoms with E-state index in [4.69, 9.17) is 5.73 Å². The Bertz CT molecular complexity index is 926. The highest BCUT2D eigenvalue weighted by atomic mass is 16.4. The van der Waals surface area contributed by atoms with E-state index in [2.05, 4.69) is 10.3 Å². The quantitative estimate of drug-likeness (QED) is 0.671. The molecule has 1 aliphatic carbocycles. The summed E-state index contributed by atoms with van der Waals surface area (Å²) in [6.07, 6.45) is 6.09. The van der Waals surface area contributed by atoms with E-state index in [9.17, 15) is 19.5 Å². The number of rotatable bonds is 5. The van der Waals surface area contributed by atoms with Gasteiger partial charge in [-0.05, 0) is 30.4 Å². The van der Waals surface area contributed by atoms with E-state index in [0.29, 0.717) is 0 Å². The first-order valence-electron chi connectivity index (χ1n) is 9.35. The highest BCUT2D eigenvalue weighted by molar-refractivity contribution is 6.37. The molecule has 28 heavy (non-hydrogen) atoms. The minimum atomic E-state index is -1.88. The van der Waals surface area contributed by atoms with Crippen LogP contribution in [0.25, 0.3) is 0 Å². The van der Waals surface area contributed by atoms with Gasteiger partial charge < -0.3 is 16.2 Å². The van der Waals surface area contributed by atoms with Crippen molar-refractivity contribution in [3.8, 4) is 0 Å². The third kappa shape index (κ3) is 2.90. The maximum atomic E-state index is 12.7. The van der Waals surface area contributed by atoms with E-state index in [0.717, 1.165) is 35.1 Å². The Hall–Kier alpha value is -3.00. The van der Waals surface area contributed by atoms with Crippen LogP contribution in [0.4, 0.5) is 5.69 Å². The average Bonchev–Trinajstić information content (AvgIpc) is 3.36. The normalized spacial score (nSPS) is 25.1. The number of fused-ring (bicyclic) bond motifs is 2. The van der Waals surface area contributed by atoms with Crippen LogP contribution < -0.4 is 11.1 Å². The third-order valence-corrected chi connectivity index (χ3v) is 6.02. The SMILES string of the molecule is NC(CC(=O)C(=O)n1ccnc1)(C(=O)O)C1c2ccccc2N[C@@H]2CCC[C@H]12. The average molecular weight is 382 g/mol. The van der Waals surface area contributed by atoms with Gasteiger partial charge in [-0.25, -0.2) is 4.98 Å². The number of Topliss-reactive ketones (excluding diaryl/α,β-unsaturated/α-hetero) is 1. The lowest BCUT2D eigenvalue weighted by molar-refractivity contribution is -0.147. The first-order chi connectivity index (χ1) is 13.4. The number of ketones is 1. The van der Waals surface area contributed by atoms with E-state index in [-0.39, 0.29) is 12.0 Å². The number of carboxylic acid groups (broad SMARTS) is 1. The molecular formula is C20H22N4O4. The van der Waals surface area contributed by atoms with Crippen molar-refractivity contribution in [2.75, 3.05) is 5.32 Å². The molecule has 2 heterocycles. The fraction of sp³-hybridized carbons (Fsp3) is 0.400. The monoisotopic (exact) mass is 382 g/mol. The molecule has 1 saturated carbocycles. The topological polar surface area (TPSA) is 127 Å². The lowest BCUT2D eigenvalue weighted by Gasteiger charge is -2.44. The zero-order chi connectivity index (χ0) is 19.9. The molecule has 0 saturated heterocycles. The Labute approximate surface area is 161 Å². The van der Waals surface area contributed by atoms with Crippen molar-refractivity contribution in [3.63, 3.8) is 0 Å². The largest absolute Gasteiger partial charge is 0.480 e. The molecule has 4 N–H and O–H groups in total. The molecule has 0 bridgehead atoms. The van der Waals surface area contributed by atoms with E-state index < -0.39 is 35.5 Å². The van der Waals surface area contributed by atoms with Crippen molar-refractivity contribution in [3.05, 3.63) is 48.5 Å². The summed E-state index contributed by atoms with van der Waals surface area (Å²) in [4.78, 5) is 41.1. The van der Waals surface area contributed by atoms with Gasteiger partial charge in [0, 0.05) is 36.5 Å². The van der Waals surface area contributed by atoms with Crippen LogP contribution in [0.1, 0.15) is 42.0 Å². The predicted molar refractivity (Wildman–Crippen MR) is 101 cm³/mol. The summed E-state index contributed by atoms with van der Waals surface area (Å²) in [6, 6.07) is 7.59. The number of hydrogen-bond acceptors (Lipinski definition) is 6. The first-order valence-corrected chi connectivity index (χ1v) is 9.35. The van der Waals surface area contributed by atoms with Crippen molar-refractivity contribution in [2.24, 2.45) is 11.7 Å². The molecule has 2 aromatic rings. The van der Waals surface area contributed by atoms with Gasteiger partial charge in [0.15, 0.2) is 0 Å². The van der Waals surface area contributed by atoms with Crippen LogP contribution >= 0.6 is 0 Å². The number of carbonyl (C=O) groups is 3. The maximum Gasteiger partial charge on any atom is 0.324 e. The molecule has 1 aliphatic heterocycles. The number of aromatic nitrogens is 2. The fourth-order valence-electron chi connectivity index (χ4n) is 4.74. The Morgan fingerprint density at radius 1 is 1.29 bits per heavy atom. The van der Waals surface area contributed by atoms with Crippen molar-refractivity contribution < 1.29 is 19.5 Å². The van der Waals surface area contributed by atoms with Gasteiger partial charge in [0.25, 0.3) is 5.91 Å². The summed E-state index contributed by atoms with van der Waals surface area (Å²) in [5.74, 6) is -3.51. The standard InChI is InChI=1S/C20H22N4O4/c21-20(19(27)28,10-16(25)18(26)24-9-8-22-11-24)17-12-4-1-2-6-14(12)23-15-7-3-5-13(15)17/h1-2,4,6,8-9,11,13,15,17,23H,3,5,7,10,21H2,(H,27,28)/t13-,15+,17?,20?/m0/s1. The van der Waals surface area contributed by atoms with Gasteiger partial charge in [-0.2, -0.15) is 0 Å². The number of nitrogens with zero attached hydrogens (tertiary/aromatic N) is 2. The van der Waals surface area contributed by atoms with Gasteiger partial charge >= 0.3 is 5.97 Å². The van der Waals surface area contributed by atoms with Crippen molar-refractivity contribution in [2.45, 2.75) is 43.2 Å². The van der Waals surface area contributed by atoms with Crippen LogP contribution in [-0.4, -0.2) is 43.9 Å².